The van der Waals surface area contributed by atoms with Crippen molar-refractivity contribution in [3.63, 3.8) is 0 Å². The zero-order valence-corrected chi connectivity index (χ0v) is 15.8. The Bertz CT molecular complexity index is 923. The van der Waals surface area contributed by atoms with Crippen molar-refractivity contribution < 1.29 is 4.79 Å². The largest absolute Gasteiger partial charge is 0.358 e. The average Bonchev–Trinajstić information content (AvgIpc) is 3.04. The highest BCUT2D eigenvalue weighted by Gasteiger charge is 2.13. The number of piperidine rings is 1. The summed E-state index contributed by atoms with van der Waals surface area (Å²) in [6.45, 7) is 4.81. The quantitative estimate of drug-likeness (QED) is 0.725. The molecule has 0 spiro atoms. The first kappa shape index (κ1) is 17.6. The van der Waals surface area contributed by atoms with Crippen LogP contribution in [0.2, 0.25) is 0 Å². The number of hydrogen-bond acceptors (Lipinski definition) is 3. The van der Waals surface area contributed by atoms with Crippen molar-refractivity contribution in [3.05, 3.63) is 59.4 Å². The number of amides is 1. The summed E-state index contributed by atoms with van der Waals surface area (Å²) in [7, 11) is 0. The van der Waals surface area contributed by atoms with E-state index in [-0.39, 0.29) is 5.91 Å². The summed E-state index contributed by atoms with van der Waals surface area (Å²) >= 11 is 0. The number of para-hydroxylation sites is 1. The van der Waals surface area contributed by atoms with Crippen molar-refractivity contribution in [2.24, 2.45) is 0 Å². The van der Waals surface area contributed by atoms with Crippen LogP contribution in [0.1, 0.15) is 40.9 Å². The number of aromatic nitrogens is 2. The van der Waals surface area contributed by atoms with Gasteiger partial charge in [0.2, 0.25) is 0 Å². The number of fused-ring (bicyclic) bond motifs is 1. The number of rotatable bonds is 5. The Morgan fingerprint density at radius 3 is 2.74 bits per heavy atom. The van der Waals surface area contributed by atoms with Crippen LogP contribution in [0.4, 0.5) is 5.82 Å². The predicted molar refractivity (Wildman–Crippen MR) is 109 cm³/mol. The summed E-state index contributed by atoms with van der Waals surface area (Å²) in [5, 5.41) is 4.25. The number of anilines is 1. The Morgan fingerprint density at radius 2 is 1.96 bits per heavy atom. The van der Waals surface area contributed by atoms with Gasteiger partial charge in [-0.3, -0.25) is 4.79 Å². The summed E-state index contributed by atoms with van der Waals surface area (Å²) in [4.78, 5) is 22.6. The van der Waals surface area contributed by atoms with Crippen molar-refractivity contribution >= 4 is 22.6 Å². The van der Waals surface area contributed by atoms with Gasteiger partial charge in [0.05, 0.1) is 5.56 Å². The van der Waals surface area contributed by atoms with Gasteiger partial charge >= 0.3 is 0 Å². The minimum atomic E-state index is -0.0646. The smallest absolute Gasteiger partial charge is 0.252 e. The number of nitrogens with zero attached hydrogens (tertiary/aromatic N) is 2. The molecule has 0 unspecified atom stereocenters. The fraction of sp³-hybridized carbons (Fsp3) is 0.364. The first-order valence-electron chi connectivity index (χ1n) is 9.78. The molecule has 5 heteroatoms. The number of aromatic amines is 1. The summed E-state index contributed by atoms with van der Waals surface area (Å²) in [5.41, 5.74) is 4.20. The molecule has 1 aliphatic heterocycles. The van der Waals surface area contributed by atoms with Crippen LogP contribution < -0.4 is 10.2 Å². The van der Waals surface area contributed by atoms with Crippen LogP contribution in [-0.4, -0.2) is 35.5 Å². The molecule has 0 aliphatic carbocycles. The highest BCUT2D eigenvalue weighted by Crippen LogP contribution is 2.22. The molecular weight excluding hydrogens is 336 g/mol. The third-order valence-electron chi connectivity index (χ3n) is 5.38. The number of carbonyl (C=O) groups excluding carboxylic acids is 1. The van der Waals surface area contributed by atoms with Crippen molar-refractivity contribution in [1.82, 2.24) is 15.3 Å². The second kappa shape index (κ2) is 7.82. The van der Waals surface area contributed by atoms with Crippen LogP contribution in [0, 0.1) is 6.92 Å². The summed E-state index contributed by atoms with van der Waals surface area (Å²) in [6.07, 6.45) is 6.23. The van der Waals surface area contributed by atoms with E-state index in [2.05, 4.69) is 39.2 Å². The minimum Gasteiger partial charge on any atom is -0.358 e. The molecule has 5 nitrogen and oxygen atoms in total. The molecule has 27 heavy (non-hydrogen) atoms. The van der Waals surface area contributed by atoms with E-state index in [4.69, 9.17) is 0 Å². The number of pyridine rings is 1. The topological polar surface area (TPSA) is 61.0 Å². The Balaban J connectivity index is 1.35. The maximum atomic E-state index is 12.4. The van der Waals surface area contributed by atoms with Gasteiger partial charge in [0.25, 0.3) is 5.91 Å². The molecule has 4 rings (SSSR count). The molecule has 1 aromatic carbocycles. The maximum absolute atomic E-state index is 12.4. The predicted octanol–water partition coefficient (Wildman–Crippen LogP) is 3.83. The zero-order valence-electron chi connectivity index (χ0n) is 15.8. The lowest BCUT2D eigenvalue weighted by Crippen LogP contribution is -2.30. The first-order chi connectivity index (χ1) is 13.2. The molecular formula is C22H26N4O. The number of benzene rings is 1. The molecule has 1 fully saturated rings. The lowest BCUT2D eigenvalue weighted by atomic mass is 10.1. The summed E-state index contributed by atoms with van der Waals surface area (Å²) in [5.74, 6) is 0.908. The lowest BCUT2D eigenvalue weighted by molar-refractivity contribution is 0.0954. The normalized spacial score (nSPS) is 14.5. The molecule has 3 heterocycles. The van der Waals surface area contributed by atoms with Gasteiger partial charge in [0.1, 0.15) is 5.82 Å². The number of hydrogen-bond donors (Lipinski definition) is 2. The van der Waals surface area contributed by atoms with E-state index in [9.17, 15) is 4.79 Å². The fourth-order valence-corrected chi connectivity index (χ4v) is 3.89. The molecule has 140 valence electrons. The van der Waals surface area contributed by atoms with Crippen LogP contribution in [0.3, 0.4) is 0 Å². The molecule has 1 amide bonds. The monoisotopic (exact) mass is 362 g/mol. The number of aryl methyl sites for hydroxylation is 1. The van der Waals surface area contributed by atoms with E-state index in [1.165, 1.54) is 30.2 Å². The Morgan fingerprint density at radius 1 is 1.15 bits per heavy atom. The van der Waals surface area contributed by atoms with Gasteiger partial charge in [0.15, 0.2) is 0 Å². The van der Waals surface area contributed by atoms with Gasteiger partial charge in [-0.25, -0.2) is 4.98 Å². The average molecular weight is 362 g/mol. The molecule has 3 aromatic rings. The van der Waals surface area contributed by atoms with E-state index in [1.807, 2.05) is 24.3 Å². The Labute approximate surface area is 159 Å². The van der Waals surface area contributed by atoms with Gasteiger partial charge in [-0.15, -0.1) is 0 Å². The third-order valence-corrected chi connectivity index (χ3v) is 5.38. The lowest BCUT2D eigenvalue weighted by Gasteiger charge is -2.27. The van der Waals surface area contributed by atoms with Crippen molar-refractivity contribution in [3.8, 4) is 0 Å². The zero-order chi connectivity index (χ0) is 18.6. The van der Waals surface area contributed by atoms with E-state index in [0.29, 0.717) is 12.1 Å². The number of carbonyl (C=O) groups is 1. The third kappa shape index (κ3) is 3.82. The fourth-order valence-electron chi connectivity index (χ4n) is 3.89. The standard InChI is InChI=1S/C22H26N4O/c1-16-18(19-7-3-4-8-20(19)25-16)11-12-23-22(27)17-9-10-21(24-15-17)26-13-5-2-6-14-26/h3-4,7-10,15,25H,2,5-6,11-14H2,1H3,(H,23,27). The molecule has 0 bridgehead atoms. The second-order valence-corrected chi connectivity index (χ2v) is 7.23. The van der Waals surface area contributed by atoms with E-state index >= 15 is 0 Å². The van der Waals surface area contributed by atoms with Gasteiger partial charge in [0, 0.05) is 42.4 Å². The Hall–Kier alpha value is -2.82. The molecule has 0 saturated carbocycles. The number of H-pyrrole nitrogens is 1. The van der Waals surface area contributed by atoms with Crippen LogP contribution in [0.15, 0.2) is 42.6 Å². The summed E-state index contributed by atoms with van der Waals surface area (Å²) < 4.78 is 0. The summed E-state index contributed by atoms with van der Waals surface area (Å²) in [6, 6.07) is 12.1. The van der Waals surface area contributed by atoms with Crippen LogP contribution >= 0.6 is 0 Å². The van der Waals surface area contributed by atoms with Crippen molar-refractivity contribution in [2.75, 3.05) is 24.5 Å². The van der Waals surface area contributed by atoms with Gasteiger partial charge in [-0.05, 0) is 56.4 Å². The van der Waals surface area contributed by atoms with Crippen LogP contribution in [-0.2, 0) is 6.42 Å². The van der Waals surface area contributed by atoms with E-state index in [1.54, 1.807) is 6.20 Å². The van der Waals surface area contributed by atoms with Crippen LogP contribution in [0.5, 0.6) is 0 Å². The van der Waals surface area contributed by atoms with Gasteiger partial charge in [-0.2, -0.15) is 0 Å². The van der Waals surface area contributed by atoms with E-state index in [0.717, 1.165) is 36.5 Å². The molecule has 1 saturated heterocycles. The molecule has 1 aliphatic rings. The van der Waals surface area contributed by atoms with E-state index < -0.39 is 0 Å². The molecule has 0 atom stereocenters. The highest BCUT2D eigenvalue weighted by atomic mass is 16.1. The van der Waals surface area contributed by atoms with Crippen LogP contribution in [0.25, 0.3) is 10.9 Å². The highest BCUT2D eigenvalue weighted by molar-refractivity contribution is 5.94. The van der Waals surface area contributed by atoms with Crippen molar-refractivity contribution in [1.29, 1.82) is 0 Å². The van der Waals surface area contributed by atoms with Gasteiger partial charge in [-0.1, -0.05) is 18.2 Å². The molecule has 0 radical (unpaired) electrons. The number of nitrogens with one attached hydrogen (secondary N) is 2. The molecule has 2 aromatic heterocycles. The SMILES string of the molecule is Cc1[nH]c2ccccc2c1CCNC(=O)c1ccc(N2CCCCC2)nc1. The molecule has 2 N–H and O–H groups in total. The van der Waals surface area contributed by atoms with Crippen molar-refractivity contribution in [2.45, 2.75) is 32.6 Å². The minimum absolute atomic E-state index is 0.0646. The Kier molecular flexibility index (Phi) is 5.10. The maximum Gasteiger partial charge on any atom is 0.252 e. The first-order valence-corrected chi connectivity index (χ1v) is 9.78. The van der Waals surface area contributed by atoms with Gasteiger partial charge < -0.3 is 15.2 Å². The second-order valence-electron chi connectivity index (χ2n) is 7.23.